The molecule has 6 heteroatoms. The van der Waals surface area contributed by atoms with Gasteiger partial charge in [0.2, 0.25) is 11.8 Å². The summed E-state index contributed by atoms with van der Waals surface area (Å²) in [5, 5.41) is 5.13. The summed E-state index contributed by atoms with van der Waals surface area (Å²) in [7, 11) is 1.26. The summed E-state index contributed by atoms with van der Waals surface area (Å²) in [6, 6.07) is 8.43. The molecule has 0 aromatic heterocycles. The van der Waals surface area contributed by atoms with Crippen LogP contribution in [0.3, 0.4) is 0 Å². The van der Waals surface area contributed by atoms with E-state index in [1.807, 2.05) is 30.3 Å². The molecule has 1 aromatic rings. The van der Waals surface area contributed by atoms with Gasteiger partial charge in [-0.2, -0.15) is 0 Å². The van der Waals surface area contributed by atoms with Crippen molar-refractivity contribution in [3.63, 3.8) is 0 Å². The Morgan fingerprint density at radius 1 is 1.26 bits per heavy atom. The minimum atomic E-state index is -1.19. The Labute approximate surface area is 135 Å². The summed E-state index contributed by atoms with van der Waals surface area (Å²) < 4.78 is 4.74. The average Bonchev–Trinajstić information content (AvgIpc) is 2.53. The lowest BCUT2D eigenvalue weighted by atomic mass is 10.0. The van der Waals surface area contributed by atoms with Gasteiger partial charge in [-0.1, -0.05) is 36.9 Å². The summed E-state index contributed by atoms with van der Waals surface area (Å²) in [5.74, 6) is -1.50. The maximum absolute atomic E-state index is 12.4. The standard InChI is InChI=1S/C17H22N2O4/c1-5-14(20)19-17(2,3)16(22)18-13(15(21)23-4)11-12-9-7-6-8-10-12/h5-10,13H,1,11H2,2-4H3,(H,18,22)(H,19,20). The van der Waals surface area contributed by atoms with Crippen LogP contribution >= 0.6 is 0 Å². The Kier molecular flexibility index (Phi) is 6.50. The third kappa shape index (κ3) is 5.58. The van der Waals surface area contributed by atoms with Gasteiger partial charge in [-0.25, -0.2) is 4.79 Å². The van der Waals surface area contributed by atoms with Crippen molar-refractivity contribution >= 4 is 17.8 Å². The van der Waals surface area contributed by atoms with Crippen molar-refractivity contribution in [1.82, 2.24) is 10.6 Å². The molecule has 0 heterocycles. The highest BCUT2D eigenvalue weighted by atomic mass is 16.5. The monoisotopic (exact) mass is 318 g/mol. The van der Waals surface area contributed by atoms with E-state index < -0.39 is 29.4 Å². The van der Waals surface area contributed by atoms with Gasteiger partial charge in [-0.3, -0.25) is 9.59 Å². The fourth-order valence-electron chi connectivity index (χ4n) is 1.94. The number of carbonyl (C=O) groups is 3. The van der Waals surface area contributed by atoms with E-state index in [0.717, 1.165) is 11.6 Å². The van der Waals surface area contributed by atoms with Crippen molar-refractivity contribution in [3.8, 4) is 0 Å². The summed E-state index contributed by atoms with van der Waals surface area (Å²) in [6.45, 7) is 6.43. The zero-order chi connectivity index (χ0) is 17.5. The van der Waals surface area contributed by atoms with Crippen LogP contribution in [-0.4, -0.2) is 36.5 Å². The van der Waals surface area contributed by atoms with Crippen LogP contribution in [0.5, 0.6) is 0 Å². The number of hydrogen-bond donors (Lipinski definition) is 2. The van der Waals surface area contributed by atoms with Gasteiger partial charge in [0.1, 0.15) is 11.6 Å². The summed E-state index contributed by atoms with van der Waals surface area (Å²) in [4.78, 5) is 35.7. The molecule has 1 unspecified atom stereocenters. The molecule has 0 radical (unpaired) electrons. The molecule has 124 valence electrons. The van der Waals surface area contributed by atoms with Crippen LogP contribution in [0, 0.1) is 0 Å². The maximum atomic E-state index is 12.4. The summed E-state index contributed by atoms with van der Waals surface area (Å²) in [5.41, 5.74) is -0.301. The second-order valence-corrected chi connectivity index (χ2v) is 5.56. The van der Waals surface area contributed by atoms with E-state index in [4.69, 9.17) is 4.74 Å². The third-order valence-electron chi connectivity index (χ3n) is 3.26. The van der Waals surface area contributed by atoms with E-state index >= 15 is 0 Å². The fourth-order valence-corrected chi connectivity index (χ4v) is 1.94. The molecule has 1 atom stereocenters. The average molecular weight is 318 g/mol. The minimum Gasteiger partial charge on any atom is -0.467 e. The number of esters is 1. The van der Waals surface area contributed by atoms with Gasteiger partial charge in [0.15, 0.2) is 0 Å². The first-order valence-electron chi connectivity index (χ1n) is 7.17. The van der Waals surface area contributed by atoms with E-state index in [2.05, 4.69) is 17.2 Å². The van der Waals surface area contributed by atoms with Crippen molar-refractivity contribution in [3.05, 3.63) is 48.6 Å². The van der Waals surface area contributed by atoms with Crippen molar-refractivity contribution in [2.45, 2.75) is 31.8 Å². The highest BCUT2D eigenvalue weighted by Gasteiger charge is 2.32. The fraction of sp³-hybridized carbons (Fsp3) is 0.353. The van der Waals surface area contributed by atoms with Gasteiger partial charge >= 0.3 is 5.97 Å². The van der Waals surface area contributed by atoms with Crippen LogP contribution < -0.4 is 10.6 Å². The topological polar surface area (TPSA) is 84.5 Å². The molecule has 0 aliphatic carbocycles. The van der Waals surface area contributed by atoms with Crippen LogP contribution in [0.1, 0.15) is 19.4 Å². The number of hydrogen-bond acceptors (Lipinski definition) is 4. The van der Waals surface area contributed by atoms with Gasteiger partial charge in [0, 0.05) is 6.42 Å². The van der Waals surface area contributed by atoms with E-state index in [0.29, 0.717) is 6.42 Å². The molecule has 0 aliphatic heterocycles. The Morgan fingerprint density at radius 2 is 1.87 bits per heavy atom. The molecule has 1 rings (SSSR count). The second-order valence-electron chi connectivity index (χ2n) is 5.56. The molecule has 1 aromatic carbocycles. The zero-order valence-electron chi connectivity index (χ0n) is 13.6. The second kappa shape index (κ2) is 8.12. The number of nitrogens with one attached hydrogen (secondary N) is 2. The molecule has 0 fully saturated rings. The predicted octanol–water partition coefficient (Wildman–Crippen LogP) is 0.968. The van der Waals surface area contributed by atoms with E-state index in [1.54, 1.807) is 13.8 Å². The van der Waals surface area contributed by atoms with E-state index in [-0.39, 0.29) is 0 Å². The van der Waals surface area contributed by atoms with Crippen molar-refractivity contribution in [2.75, 3.05) is 7.11 Å². The molecule has 0 spiro atoms. The number of methoxy groups -OCH3 is 1. The SMILES string of the molecule is C=CC(=O)NC(C)(C)C(=O)NC(Cc1ccccc1)C(=O)OC. The van der Waals surface area contributed by atoms with E-state index in [9.17, 15) is 14.4 Å². The van der Waals surface area contributed by atoms with Crippen molar-refractivity contribution in [1.29, 1.82) is 0 Å². The van der Waals surface area contributed by atoms with Gasteiger partial charge in [-0.15, -0.1) is 0 Å². The normalized spacial score (nSPS) is 12.0. The molecule has 6 nitrogen and oxygen atoms in total. The zero-order valence-corrected chi connectivity index (χ0v) is 13.6. The minimum absolute atomic E-state index is 0.296. The van der Waals surface area contributed by atoms with Crippen LogP contribution in [0.25, 0.3) is 0 Å². The smallest absolute Gasteiger partial charge is 0.328 e. The lowest BCUT2D eigenvalue weighted by Crippen LogP contribution is -2.58. The number of amides is 2. The number of ether oxygens (including phenoxy) is 1. The van der Waals surface area contributed by atoms with Crippen molar-refractivity contribution < 1.29 is 19.1 Å². The first-order valence-corrected chi connectivity index (χ1v) is 7.17. The quantitative estimate of drug-likeness (QED) is 0.579. The maximum Gasteiger partial charge on any atom is 0.328 e. The van der Waals surface area contributed by atoms with E-state index in [1.165, 1.54) is 7.11 Å². The highest BCUT2D eigenvalue weighted by molar-refractivity contribution is 5.96. The Balaban J connectivity index is 2.84. The summed E-state index contributed by atoms with van der Waals surface area (Å²) >= 11 is 0. The molecule has 2 N–H and O–H groups in total. The van der Waals surface area contributed by atoms with Crippen molar-refractivity contribution in [2.24, 2.45) is 0 Å². The Hall–Kier alpha value is -2.63. The predicted molar refractivity (Wildman–Crippen MR) is 86.5 cm³/mol. The summed E-state index contributed by atoms with van der Waals surface area (Å²) in [6.07, 6.45) is 1.38. The Bertz CT molecular complexity index is 582. The van der Waals surface area contributed by atoms with Gasteiger partial charge in [0.05, 0.1) is 7.11 Å². The van der Waals surface area contributed by atoms with Crippen LogP contribution in [-0.2, 0) is 25.5 Å². The van der Waals surface area contributed by atoms with Gasteiger partial charge < -0.3 is 15.4 Å². The first-order chi connectivity index (χ1) is 10.8. The molecule has 0 saturated carbocycles. The van der Waals surface area contributed by atoms with Crippen LogP contribution in [0.4, 0.5) is 0 Å². The molecular formula is C17H22N2O4. The third-order valence-corrected chi connectivity index (χ3v) is 3.26. The highest BCUT2D eigenvalue weighted by Crippen LogP contribution is 2.08. The molecule has 0 saturated heterocycles. The molecule has 23 heavy (non-hydrogen) atoms. The largest absolute Gasteiger partial charge is 0.467 e. The molecule has 0 aliphatic rings. The van der Waals surface area contributed by atoms with Gasteiger partial charge in [-0.05, 0) is 25.5 Å². The number of rotatable bonds is 7. The van der Waals surface area contributed by atoms with Crippen LogP contribution in [0.15, 0.2) is 43.0 Å². The number of carbonyl (C=O) groups excluding carboxylic acids is 3. The molecular weight excluding hydrogens is 296 g/mol. The van der Waals surface area contributed by atoms with Crippen LogP contribution in [0.2, 0.25) is 0 Å². The molecule has 0 bridgehead atoms. The first kappa shape index (κ1) is 18.4. The molecule has 2 amide bonds. The lowest BCUT2D eigenvalue weighted by molar-refractivity contribution is -0.145. The van der Waals surface area contributed by atoms with Gasteiger partial charge in [0.25, 0.3) is 0 Å². The lowest BCUT2D eigenvalue weighted by Gasteiger charge is -2.27. The number of benzene rings is 1. The Morgan fingerprint density at radius 3 is 2.39 bits per heavy atom.